The summed E-state index contributed by atoms with van der Waals surface area (Å²) in [5.74, 6) is 0. The topological polar surface area (TPSA) is 32.3 Å². The molecule has 2 nitrogen and oxygen atoms in total. The van der Waals surface area contributed by atoms with Crippen molar-refractivity contribution in [3.05, 3.63) is 46.7 Å². The molecule has 1 aromatic heterocycles. The summed E-state index contributed by atoms with van der Waals surface area (Å²) in [6.07, 6.45) is 3.47. The number of hydrogen-bond acceptors (Lipinski definition) is 3. The van der Waals surface area contributed by atoms with Crippen molar-refractivity contribution in [2.24, 2.45) is 5.41 Å². The van der Waals surface area contributed by atoms with Crippen LogP contribution in [0.5, 0.6) is 0 Å². The van der Waals surface area contributed by atoms with Crippen molar-refractivity contribution in [1.29, 1.82) is 0 Å². The Labute approximate surface area is 124 Å². The lowest BCUT2D eigenvalue weighted by Gasteiger charge is -2.13. The van der Waals surface area contributed by atoms with E-state index in [0.29, 0.717) is 12.0 Å². The molecule has 0 aliphatic heterocycles. The van der Waals surface area contributed by atoms with Crippen LogP contribution in [0.1, 0.15) is 24.1 Å². The van der Waals surface area contributed by atoms with Gasteiger partial charge in [-0.25, -0.2) is 0 Å². The summed E-state index contributed by atoms with van der Waals surface area (Å²) in [4.78, 5) is 1.38. The second kappa shape index (κ2) is 6.08. The van der Waals surface area contributed by atoms with Gasteiger partial charge in [0.05, 0.1) is 0 Å². The molecule has 0 radical (unpaired) electrons. The van der Waals surface area contributed by atoms with E-state index in [1.807, 2.05) is 11.3 Å². The van der Waals surface area contributed by atoms with Crippen molar-refractivity contribution in [2.45, 2.75) is 25.8 Å². The molecule has 0 amide bonds. The fourth-order valence-electron chi connectivity index (χ4n) is 2.64. The van der Waals surface area contributed by atoms with E-state index in [0.717, 1.165) is 19.5 Å². The van der Waals surface area contributed by atoms with Crippen LogP contribution >= 0.6 is 11.3 Å². The molecule has 1 aliphatic carbocycles. The Bertz CT molecular complexity index is 545. The van der Waals surface area contributed by atoms with Gasteiger partial charge in [-0.1, -0.05) is 30.3 Å². The van der Waals surface area contributed by atoms with Crippen LogP contribution in [0.25, 0.3) is 11.1 Å². The van der Waals surface area contributed by atoms with Gasteiger partial charge >= 0.3 is 0 Å². The normalized spacial score (nSPS) is 16.2. The molecule has 0 bridgehead atoms. The number of aliphatic hydroxyl groups is 1. The van der Waals surface area contributed by atoms with Crippen LogP contribution in [0.2, 0.25) is 0 Å². The molecule has 0 atom stereocenters. The Balaban J connectivity index is 1.53. The maximum Gasteiger partial charge on any atom is 0.0436 e. The molecule has 3 rings (SSSR count). The molecule has 20 heavy (non-hydrogen) atoms. The van der Waals surface area contributed by atoms with Crippen LogP contribution in [0, 0.1) is 5.41 Å². The lowest BCUT2D eigenvalue weighted by atomic mass is 10.0. The molecule has 1 heterocycles. The van der Waals surface area contributed by atoms with E-state index in [2.05, 4.69) is 47.1 Å². The van der Waals surface area contributed by atoms with Gasteiger partial charge in [-0.05, 0) is 47.3 Å². The summed E-state index contributed by atoms with van der Waals surface area (Å²) in [5.41, 5.74) is 2.99. The first-order valence-electron chi connectivity index (χ1n) is 7.26. The van der Waals surface area contributed by atoms with Crippen LogP contribution < -0.4 is 5.32 Å². The van der Waals surface area contributed by atoms with Crippen LogP contribution in [0.3, 0.4) is 0 Å². The zero-order valence-corrected chi connectivity index (χ0v) is 12.5. The van der Waals surface area contributed by atoms with E-state index in [1.54, 1.807) is 0 Å². The van der Waals surface area contributed by atoms with Crippen LogP contribution in [0.4, 0.5) is 0 Å². The highest BCUT2D eigenvalue weighted by Crippen LogP contribution is 2.47. The molecule has 1 aliphatic rings. The zero-order chi connectivity index (χ0) is 13.8. The number of thiophene rings is 1. The molecular weight excluding hydrogens is 266 g/mol. The molecule has 2 aromatic rings. The Morgan fingerprint density at radius 2 is 1.95 bits per heavy atom. The SMILES string of the molecule is OCCC1(CNCc2cc(-c3ccccc3)cs2)CC1. The van der Waals surface area contributed by atoms with Gasteiger partial charge in [-0.2, -0.15) is 0 Å². The third kappa shape index (κ3) is 3.29. The van der Waals surface area contributed by atoms with Crippen LogP contribution in [-0.2, 0) is 6.54 Å². The lowest BCUT2D eigenvalue weighted by Crippen LogP contribution is -2.24. The number of rotatable bonds is 7. The standard InChI is InChI=1S/C17H21NOS/c19-9-8-17(6-7-17)13-18-11-16-10-15(12-20-16)14-4-2-1-3-5-14/h1-5,10,12,18-19H,6-9,11,13H2. The molecule has 3 heteroatoms. The molecule has 1 saturated carbocycles. The molecule has 1 fully saturated rings. The van der Waals surface area contributed by atoms with Crippen molar-refractivity contribution in [3.63, 3.8) is 0 Å². The average Bonchev–Trinajstić information content (AvgIpc) is 3.07. The van der Waals surface area contributed by atoms with Gasteiger partial charge in [-0.3, -0.25) is 0 Å². The number of aliphatic hydroxyl groups excluding tert-OH is 1. The predicted molar refractivity (Wildman–Crippen MR) is 84.8 cm³/mol. The second-order valence-electron chi connectivity index (χ2n) is 5.74. The third-order valence-electron chi connectivity index (χ3n) is 4.16. The van der Waals surface area contributed by atoms with Crippen molar-refractivity contribution >= 4 is 11.3 Å². The minimum Gasteiger partial charge on any atom is -0.396 e. The predicted octanol–water partition coefficient (Wildman–Crippen LogP) is 3.67. The first kappa shape index (κ1) is 13.8. The van der Waals surface area contributed by atoms with Crippen molar-refractivity contribution in [2.75, 3.05) is 13.2 Å². The average molecular weight is 287 g/mol. The highest BCUT2D eigenvalue weighted by molar-refractivity contribution is 7.10. The summed E-state index contributed by atoms with van der Waals surface area (Å²) in [7, 11) is 0. The Morgan fingerprint density at radius 1 is 1.15 bits per heavy atom. The summed E-state index contributed by atoms with van der Waals surface area (Å²) in [6.45, 7) is 2.29. The fraction of sp³-hybridized carbons (Fsp3) is 0.412. The third-order valence-corrected chi connectivity index (χ3v) is 5.10. The minimum atomic E-state index is 0.318. The molecule has 0 saturated heterocycles. The molecule has 0 spiro atoms. The maximum absolute atomic E-state index is 9.06. The highest BCUT2D eigenvalue weighted by Gasteiger charge is 2.41. The summed E-state index contributed by atoms with van der Waals surface area (Å²) in [5, 5.41) is 14.8. The quantitative estimate of drug-likeness (QED) is 0.814. The van der Waals surface area contributed by atoms with E-state index < -0.39 is 0 Å². The van der Waals surface area contributed by atoms with Crippen LogP contribution in [-0.4, -0.2) is 18.3 Å². The second-order valence-corrected chi connectivity index (χ2v) is 6.74. The number of nitrogens with one attached hydrogen (secondary N) is 1. The summed E-state index contributed by atoms with van der Waals surface area (Å²) < 4.78 is 0. The maximum atomic E-state index is 9.06. The van der Waals surface area contributed by atoms with E-state index in [1.165, 1.54) is 28.8 Å². The Hall–Kier alpha value is -1.16. The van der Waals surface area contributed by atoms with Gasteiger partial charge in [0, 0.05) is 24.6 Å². The van der Waals surface area contributed by atoms with Gasteiger partial charge < -0.3 is 10.4 Å². The van der Waals surface area contributed by atoms with Crippen molar-refractivity contribution in [3.8, 4) is 11.1 Å². The van der Waals surface area contributed by atoms with Gasteiger partial charge in [0.1, 0.15) is 0 Å². The highest BCUT2D eigenvalue weighted by atomic mass is 32.1. The molecular formula is C17H21NOS. The smallest absolute Gasteiger partial charge is 0.0436 e. The first-order chi connectivity index (χ1) is 9.81. The van der Waals surface area contributed by atoms with E-state index in [4.69, 9.17) is 5.11 Å². The van der Waals surface area contributed by atoms with Gasteiger partial charge in [0.15, 0.2) is 0 Å². The van der Waals surface area contributed by atoms with Crippen LogP contribution in [0.15, 0.2) is 41.8 Å². The molecule has 1 aromatic carbocycles. The minimum absolute atomic E-state index is 0.318. The molecule has 106 valence electrons. The van der Waals surface area contributed by atoms with E-state index in [-0.39, 0.29) is 0 Å². The number of hydrogen-bond donors (Lipinski definition) is 2. The first-order valence-corrected chi connectivity index (χ1v) is 8.14. The van der Waals surface area contributed by atoms with Gasteiger partial charge in [0.2, 0.25) is 0 Å². The lowest BCUT2D eigenvalue weighted by molar-refractivity contribution is 0.245. The van der Waals surface area contributed by atoms with Crippen molar-refractivity contribution in [1.82, 2.24) is 5.32 Å². The van der Waals surface area contributed by atoms with Crippen molar-refractivity contribution < 1.29 is 5.11 Å². The van der Waals surface area contributed by atoms with E-state index >= 15 is 0 Å². The molecule has 0 unspecified atom stereocenters. The Morgan fingerprint density at radius 3 is 2.65 bits per heavy atom. The van der Waals surface area contributed by atoms with Gasteiger partial charge in [0.25, 0.3) is 0 Å². The molecule has 2 N–H and O–H groups in total. The Kier molecular flexibility index (Phi) is 4.20. The monoisotopic (exact) mass is 287 g/mol. The summed E-state index contributed by atoms with van der Waals surface area (Å²) in [6, 6.07) is 12.8. The van der Waals surface area contributed by atoms with Gasteiger partial charge in [-0.15, -0.1) is 11.3 Å². The number of benzene rings is 1. The van der Waals surface area contributed by atoms with E-state index in [9.17, 15) is 0 Å². The fourth-order valence-corrected chi connectivity index (χ4v) is 3.50. The largest absolute Gasteiger partial charge is 0.396 e. The zero-order valence-electron chi connectivity index (χ0n) is 11.6. The summed E-state index contributed by atoms with van der Waals surface area (Å²) >= 11 is 1.82.